The van der Waals surface area contributed by atoms with E-state index >= 15 is 0 Å². The van der Waals surface area contributed by atoms with Crippen molar-refractivity contribution in [3.8, 4) is 11.3 Å². The van der Waals surface area contributed by atoms with Gasteiger partial charge in [0.25, 0.3) is 0 Å². The number of benzene rings is 2. The van der Waals surface area contributed by atoms with Crippen LogP contribution in [0.5, 0.6) is 0 Å². The Morgan fingerprint density at radius 3 is 2.17 bits per heavy atom. The summed E-state index contributed by atoms with van der Waals surface area (Å²) in [4.78, 5) is 29.4. The fraction of sp³-hybridized carbons (Fsp3) is 0.0556. The van der Waals surface area contributed by atoms with Gasteiger partial charge in [0.05, 0.1) is 12.1 Å². The Labute approximate surface area is 137 Å². The molecule has 0 radical (unpaired) electrons. The lowest BCUT2D eigenvalue weighted by atomic mass is 10.0. The summed E-state index contributed by atoms with van der Waals surface area (Å²) in [5, 5.41) is 0.319. The number of thiazole rings is 1. The minimum atomic E-state index is -0.257. The molecule has 0 aliphatic carbocycles. The molecule has 5 heteroatoms. The molecule has 2 N–H and O–H groups in total. The molecule has 0 saturated carbocycles. The van der Waals surface area contributed by atoms with E-state index in [1.165, 1.54) is 0 Å². The number of hydrogen-bond acceptors (Lipinski definition) is 5. The van der Waals surface area contributed by atoms with Crippen molar-refractivity contribution in [3.63, 3.8) is 0 Å². The third kappa shape index (κ3) is 3.35. The van der Waals surface area contributed by atoms with Crippen LogP contribution in [0.2, 0.25) is 0 Å². The Bertz CT molecular complexity index is 842. The van der Waals surface area contributed by atoms with E-state index in [1.54, 1.807) is 24.3 Å². The van der Waals surface area contributed by atoms with Crippen LogP contribution in [-0.4, -0.2) is 16.6 Å². The molecule has 0 unspecified atom stereocenters. The molecule has 0 spiro atoms. The number of nitrogen functional groups attached to an aromatic ring is 1. The van der Waals surface area contributed by atoms with Crippen LogP contribution < -0.4 is 5.73 Å². The maximum absolute atomic E-state index is 12.5. The van der Waals surface area contributed by atoms with Gasteiger partial charge < -0.3 is 5.73 Å². The highest BCUT2D eigenvalue weighted by molar-refractivity contribution is 7.17. The third-order valence-electron chi connectivity index (χ3n) is 3.36. The molecule has 4 nitrogen and oxygen atoms in total. The molecule has 0 bridgehead atoms. The number of anilines is 1. The molecule has 23 heavy (non-hydrogen) atoms. The summed E-state index contributed by atoms with van der Waals surface area (Å²) >= 11 is 1.12. The number of Topliss-reactive ketones (excluding diaryl/α,β-unsaturated/α-hetero) is 2. The van der Waals surface area contributed by atoms with Crippen molar-refractivity contribution in [1.82, 2.24) is 4.98 Å². The zero-order valence-corrected chi connectivity index (χ0v) is 13.0. The fourth-order valence-corrected chi connectivity index (χ4v) is 3.06. The first-order valence-electron chi connectivity index (χ1n) is 7.08. The zero-order valence-electron chi connectivity index (χ0n) is 12.2. The first-order chi connectivity index (χ1) is 11.1. The summed E-state index contributed by atoms with van der Waals surface area (Å²) in [6.45, 7) is 0. The molecule has 3 rings (SSSR count). The zero-order chi connectivity index (χ0) is 16.2. The molecular formula is C18H14N2O2S. The van der Waals surface area contributed by atoms with Gasteiger partial charge >= 0.3 is 0 Å². The van der Waals surface area contributed by atoms with Crippen molar-refractivity contribution in [1.29, 1.82) is 0 Å². The van der Waals surface area contributed by atoms with E-state index < -0.39 is 0 Å². The lowest BCUT2D eigenvalue weighted by Gasteiger charge is -2.02. The number of ketones is 2. The molecule has 0 amide bonds. The van der Waals surface area contributed by atoms with Gasteiger partial charge in [-0.15, -0.1) is 0 Å². The van der Waals surface area contributed by atoms with E-state index in [4.69, 9.17) is 5.73 Å². The minimum absolute atomic E-state index is 0.189. The highest BCUT2D eigenvalue weighted by atomic mass is 32.1. The summed E-state index contributed by atoms with van der Waals surface area (Å²) < 4.78 is 0. The molecule has 0 aliphatic heterocycles. The molecular weight excluding hydrogens is 308 g/mol. The fourth-order valence-electron chi connectivity index (χ4n) is 2.27. The molecule has 0 atom stereocenters. The van der Waals surface area contributed by atoms with Gasteiger partial charge in [-0.1, -0.05) is 72.0 Å². The van der Waals surface area contributed by atoms with E-state index in [0.29, 0.717) is 21.3 Å². The van der Waals surface area contributed by atoms with Gasteiger partial charge in [0, 0.05) is 11.1 Å². The van der Waals surface area contributed by atoms with Crippen molar-refractivity contribution in [2.75, 3.05) is 5.73 Å². The second-order valence-corrected chi connectivity index (χ2v) is 6.02. The van der Waals surface area contributed by atoms with Crippen LogP contribution in [0.4, 0.5) is 5.13 Å². The smallest absolute Gasteiger partial charge is 0.182 e. The predicted octanol–water partition coefficient (Wildman–Crippen LogP) is 3.85. The lowest BCUT2D eigenvalue weighted by Crippen LogP contribution is -2.08. The van der Waals surface area contributed by atoms with Gasteiger partial charge in [0.1, 0.15) is 4.88 Å². The largest absolute Gasteiger partial charge is 0.375 e. The monoisotopic (exact) mass is 322 g/mol. The second kappa shape index (κ2) is 6.54. The molecule has 2 aromatic carbocycles. The van der Waals surface area contributed by atoms with E-state index in [2.05, 4.69) is 4.98 Å². The predicted molar refractivity (Wildman–Crippen MR) is 91.7 cm³/mol. The van der Waals surface area contributed by atoms with Gasteiger partial charge in [0.15, 0.2) is 16.7 Å². The number of hydrogen-bond donors (Lipinski definition) is 1. The Hall–Kier alpha value is -2.79. The molecule has 0 fully saturated rings. The van der Waals surface area contributed by atoms with E-state index in [0.717, 1.165) is 16.9 Å². The van der Waals surface area contributed by atoms with Crippen LogP contribution in [0.3, 0.4) is 0 Å². The Morgan fingerprint density at radius 1 is 0.913 bits per heavy atom. The summed E-state index contributed by atoms with van der Waals surface area (Å²) in [6.07, 6.45) is -0.189. The third-order valence-corrected chi connectivity index (χ3v) is 4.29. The second-order valence-electron chi connectivity index (χ2n) is 4.99. The van der Waals surface area contributed by atoms with Crippen molar-refractivity contribution >= 4 is 28.0 Å². The number of nitrogens with zero attached hydrogens (tertiary/aromatic N) is 1. The summed E-state index contributed by atoms with van der Waals surface area (Å²) in [7, 11) is 0. The van der Waals surface area contributed by atoms with Crippen LogP contribution in [0.1, 0.15) is 26.5 Å². The Morgan fingerprint density at radius 2 is 1.52 bits per heavy atom. The number of rotatable bonds is 5. The quantitative estimate of drug-likeness (QED) is 0.572. The van der Waals surface area contributed by atoms with Crippen molar-refractivity contribution in [3.05, 3.63) is 71.1 Å². The van der Waals surface area contributed by atoms with Crippen molar-refractivity contribution in [2.45, 2.75) is 6.42 Å². The summed E-state index contributed by atoms with van der Waals surface area (Å²) in [5.74, 6) is -0.464. The first-order valence-corrected chi connectivity index (χ1v) is 7.90. The molecule has 0 saturated heterocycles. The summed E-state index contributed by atoms with van der Waals surface area (Å²) in [5.41, 5.74) is 7.65. The van der Waals surface area contributed by atoms with Crippen LogP contribution in [0.25, 0.3) is 11.3 Å². The number of carbonyl (C=O) groups is 2. The molecule has 3 aromatic rings. The van der Waals surface area contributed by atoms with Crippen LogP contribution in [-0.2, 0) is 0 Å². The number of carbonyl (C=O) groups excluding carboxylic acids is 2. The molecule has 1 aromatic heterocycles. The standard InChI is InChI=1S/C18H14N2O2S/c19-18-20-16(13-9-5-2-6-10-13)17(23-18)15(22)11-14(21)12-7-3-1-4-8-12/h1-10H,11H2,(H2,19,20). The van der Waals surface area contributed by atoms with Gasteiger partial charge in [-0.05, 0) is 0 Å². The van der Waals surface area contributed by atoms with Crippen molar-refractivity contribution in [2.24, 2.45) is 0 Å². The highest BCUT2D eigenvalue weighted by Gasteiger charge is 2.21. The highest BCUT2D eigenvalue weighted by Crippen LogP contribution is 2.30. The van der Waals surface area contributed by atoms with Crippen LogP contribution >= 0.6 is 11.3 Å². The molecule has 1 heterocycles. The van der Waals surface area contributed by atoms with Gasteiger partial charge in [-0.2, -0.15) is 0 Å². The molecule has 0 aliphatic rings. The number of aromatic nitrogens is 1. The maximum Gasteiger partial charge on any atom is 0.182 e. The topological polar surface area (TPSA) is 73.0 Å². The maximum atomic E-state index is 12.5. The van der Waals surface area contributed by atoms with Crippen LogP contribution in [0, 0.1) is 0 Å². The van der Waals surface area contributed by atoms with Crippen LogP contribution in [0.15, 0.2) is 60.7 Å². The molecule has 114 valence electrons. The van der Waals surface area contributed by atoms with Gasteiger partial charge in [-0.3, -0.25) is 9.59 Å². The lowest BCUT2D eigenvalue weighted by molar-refractivity contribution is 0.0897. The first kappa shape index (κ1) is 15.1. The van der Waals surface area contributed by atoms with E-state index in [-0.39, 0.29) is 18.0 Å². The van der Waals surface area contributed by atoms with Crippen molar-refractivity contribution < 1.29 is 9.59 Å². The average Bonchev–Trinajstić information content (AvgIpc) is 2.98. The Kier molecular flexibility index (Phi) is 4.30. The van der Waals surface area contributed by atoms with E-state index in [9.17, 15) is 9.59 Å². The normalized spacial score (nSPS) is 10.4. The SMILES string of the molecule is Nc1nc(-c2ccccc2)c(C(=O)CC(=O)c2ccccc2)s1. The van der Waals surface area contributed by atoms with E-state index in [1.807, 2.05) is 36.4 Å². The average molecular weight is 322 g/mol. The van der Waals surface area contributed by atoms with Gasteiger partial charge in [0.2, 0.25) is 0 Å². The Balaban J connectivity index is 1.87. The minimum Gasteiger partial charge on any atom is -0.375 e. The number of nitrogens with two attached hydrogens (primary N) is 1. The summed E-state index contributed by atoms with van der Waals surface area (Å²) in [6, 6.07) is 18.1. The van der Waals surface area contributed by atoms with Gasteiger partial charge in [-0.25, -0.2) is 4.98 Å².